The molecule has 0 radical (unpaired) electrons. The minimum atomic E-state index is -5.19. The van der Waals surface area contributed by atoms with Crippen LogP contribution in [0, 0.1) is 0 Å². The molecule has 2 aromatic rings. The van der Waals surface area contributed by atoms with Gasteiger partial charge in [0.1, 0.15) is 0 Å². The maximum Gasteiger partial charge on any atom is 0.472 e. The zero-order valence-electron chi connectivity index (χ0n) is 19.2. The average Bonchev–Trinajstić information content (AvgIpc) is 2.81. The molecule has 1 atom stereocenters. The van der Waals surface area contributed by atoms with E-state index in [1.54, 1.807) is 5.43 Å². The van der Waals surface area contributed by atoms with Crippen molar-refractivity contribution >= 4 is 33.4 Å². The molecule has 206 valence electrons. The number of nitrogens with zero attached hydrogens (tertiary/aromatic N) is 1. The van der Waals surface area contributed by atoms with Gasteiger partial charge in [-0.3, -0.25) is 20.4 Å². The molecule has 2 aromatic carbocycles. The van der Waals surface area contributed by atoms with Crippen LogP contribution in [-0.4, -0.2) is 61.4 Å². The van der Waals surface area contributed by atoms with Crippen LogP contribution >= 0.6 is 0 Å². The zero-order valence-corrected chi connectivity index (χ0v) is 20.0. The predicted octanol–water partition coefficient (Wildman–Crippen LogP) is 2.90. The molecule has 0 spiro atoms. The van der Waals surface area contributed by atoms with Gasteiger partial charge in [0.2, 0.25) is 0 Å². The van der Waals surface area contributed by atoms with Gasteiger partial charge in [0, 0.05) is 17.8 Å². The van der Waals surface area contributed by atoms with Crippen LogP contribution in [0.3, 0.4) is 0 Å². The highest BCUT2D eigenvalue weighted by atomic mass is 32.2. The first-order valence-corrected chi connectivity index (χ1v) is 12.6. The van der Waals surface area contributed by atoms with Crippen molar-refractivity contribution in [3.8, 4) is 0 Å². The lowest BCUT2D eigenvalue weighted by molar-refractivity contribution is -0.174. The molecule has 1 fully saturated rings. The van der Waals surface area contributed by atoms with Gasteiger partial charge >= 0.3 is 24.3 Å². The Bertz CT molecular complexity index is 1300. The Labute approximate surface area is 212 Å². The monoisotopic (exact) mass is 566 g/mol. The van der Waals surface area contributed by atoms with E-state index in [9.17, 15) is 49.1 Å². The molecule has 0 aromatic heterocycles. The number of carbonyl (C=O) groups is 3. The van der Waals surface area contributed by atoms with Crippen molar-refractivity contribution in [1.29, 1.82) is 0 Å². The van der Waals surface area contributed by atoms with E-state index < -0.39 is 51.6 Å². The van der Waals surface area contributed by atoms with Crippen molar-refractivity contribution in [2.24, 2.45) is 0 Å². The van der Waals surface area contributed by atoms with Gasteiger partial charge in [-0.05, 0) is 48.4 Å². The van der Waals surface area contributed by atoms with Gasteiger partial charge in [-0.25, -0.2) is 13.2 Å². The number of halogens is 6. The van der Waals surface area contributed by atoms with Gasteiger partial charge in [0.15, 0.2) is 9.84 Å². The summed E-state index contributed by atoms with van der Waals surface area (Å²) in [5.74, 6) is -4.10. The highest BCUT2D eigenvalue weighted by Gasteiger charge is 2.39. The normalized spacial score (nSPS) is 17.4. The maximum atomic E-state index is 12.8. The Kier molecular flexibility index (Phi) is 8.24. The third kappa shape index (κ3) is 7.60. The molecular weight excluding hydrogens is 546 g/mol. The number of hydrogen-bond acceptors (Lipinski definition) is 5. The fourth-order valence-corrected chi connectivity index (χ4v) is 5.11. The Balaban J connectivity index is 1.67. The Morgan fingerprint density at radius 1 is 0.895 bits per heavy atom. The van der Waals surface area contributed by atoms with Gasteiger partial charge in [-0.15, -0.1) is 0 Å². The fourth-order valence-electron chi connectivity index (χ4n) is 3.58. The molecule has 1 heterocycles. The largest absolute Gasteiger partial charge is 0.472 e. The maximum absolute atomic E-state index is 12.8. The summed E-state index contributed by atoms with van der Waals surface area (Å²) in [5, 5.41) is 2.45. The number of rotatable bonds is 4. The van der Waals surface area contributed by atoms with E-state index in [2.05, 4.69) is 5.32 Å². The molecule has 1 saturated heterocycles. The van der Waals surface area contributed by atoms with Gasteiger partial charge < -0.3 is 10.2 Å². The van der Waals surface area contributed by atoms with Crippen LogP contribution in [0.25, 0.3) is 0 Å². The summed E-state index contributed by atoms with van der Waals surface area (Å²) in [6.45, 7) is -0.168. The van der Waals surface area contributed by atoms with E-state index >= 15 is 0 Å². The van der Waals surface area contributed by atoms with E-state index in [1.807, 2.05) is 0 Å². The van der Waals surface area contributed by atoms with Crippen molar-refractivity contribution in [2.45, 2.75) is 24.8 Å². The topological polar surface area (TPSA) is 125 Å². The molecule has 0 bridgehead atoms. The van der Waals surface area contributed by atoms with Crippen LogP contribution in [-0.2, 0) is 27.2 Å². The van der Waals surface area contributed by atoms with Crippen molar-refractivity contribution < 1.29 is 49.1 Å². The third-order valence-corrected chi connectivity index (χ3v) is 7.19. The second-order valence-corrected chi connectivity index (χ2v) is 10.5. The van der Waals surface area contributed by atoms with E-state index in [0.29, 0.717) is 5.56 Å². The number of carbonyl (C=O) groups excluding carboxylic acids is 3. The Hall–Kier alpha value is -3.82. The van der Waals surface area contributed by atoms with Crippen molar-refractivity contribution in [1.82, 2.24) is 15.8 Å². The number of hydrogen-bond donors (Lipinski definition) is 3. The van der Waals surface area contributed by atoms with Crippen LogP contribution in [0.1, 0.15) is 21.5 Å². The van der Waals surface area contributed by atoms with Crippen LogP contribution < -0.4 is 16.2 Å². The molecule has 38 heavy (non-hydrogen) atoms. The summed E-state index contributed by atoms with van der Waals surface area (Å²) in [4.78, 5) is 36.8. The Morgan fingerprint density at radius 3 is 2.05 bits per heavy atom. The lowest BCUT2D eigenvalue weighted by Crippen LogP contribution is -2.53. The molecule has 1 aliphatic heterocycles. The SMILES string of the molecule is O=C(NNC(=O)C(F)(F)F)c1ccc(CC2CS(=O)(=O)CCN2C(=O)Nc2ccc(C(F)(F)F)cc2)cc1. The first kappa shape index (κ1) is 28.7. The first-order valence-electron chi connectivity index (χ1n) is 10.8. The first-order chi connectivity index (χ1) is 17.5. The van der Waals surface area contributed by atoms with Gasteiger partial charge in [0.25, 0.3) is 5.91 Å². The predicted molar refractivity (Wildman–Crippen MR) is 121 cm³/mol. The molecule has 4 amide bonds. The molecule has 16 heteroatoms. The van der Waals surface area contributed by atoms with Gasteiger partial charge in [-0.1, -0.05) is 12.1 Å². The quantitative estimate of drug-likeness (QED) is 0.388. The molecular formula is C22H20F6N4O5S. The van der Waals surface area contributed by atoms with Crippen molar-refractivity contribution in [3.63, 3.8) is 0 Å². The average molecular weight is 566 g/mol. The molecule has 1 unspecified atom stereocenters. The van der Waals surface area contributed by atoms with Crippen molar-refractivity contribution in [3.05, 3.63) is 65.2 Å². The molecule has 9 nitrogen and oxygen atoms in total. The standard InChI is InChI=1S/C22H20F6N4O5S/c23-21(24,25)15-5-7-16(8-6-15)29-20(35)32-9-10-38(36,37)12-17(32)11-13-1-3-14(4-2-13)18(33)30-31-19(34)22(26,27)28/h1-8,17H,9-12H2,(H,29,35)(H,30,33)(H,31,34). The van der Waals surface area contributed by atoms with Gasteiger partial charge in [0.05, 0.1) is 23.1 Å². The second-order valence-electron chi connectivity index (χ2n) is 8.27. The highest BCUT2D eigenvalue weighted by Crippen LogP contribution is 2.30. The lowest BCUT2D eigenvalue weighted by atomic mass is 10.0. The number of anilines is 1. The lowest BCUT2D eigenvalue weighted by Gasteiger charge is -2.35. The van der Waals surface area contributed by atoms with E-state index in [4.69, 9.17) is 0 Å². The smallest absolute Gasteiger partial charge is 0.319 e. The van der Waals surface area contributed by atoms with E-state index in [0.717, 1.165) is 24.3 Å². The van der Waals surface area contributed by atoms with E-state index in [-0.39, 0.29) is 35.7 Å². The van der Waals surface area contributed by atoms with Crippen LogP contribution in [0.15, 0.2) is 48.5 Å². The number of amides is 4. The summed E-state index contributed by atoms with van der Waals surface area (Å²) in [6.07, 6.45) is -9.73. The Morgan fingerprint density at radius 2 is 1.50 bits per heavy atom. The molecule has 1 aliphatic rings. The second kappa shape index (κ2) is 10.9. The fraction of sp³-hybridized carbons (Fsp3) is 0.318. The third-order valence-electron chi connectivity index (χ3n) is 5.49. The number of alkyl halides is 6. The summed E-state index contributed by atoms with van der Waals surface area (Å²) >= 11 is 0. The number of urea groups is 1. The molecule has 3 rings (SSSR count). The summed E-state index contributed by atoms with van der Waals surface area (Å²) in [5.41, 5.74) is 2.38. The molecule has 0 saturated carbocycles. The number of benzene rings is 2. The van der Waals surface area contributed by atoms with Gasteiger partial charge in [-0.2, -0.15) is 26.3 Å². The highest BCUT2D eigenvalue weighted by molar-refractivity contribution is 7.91. The molecule has 0 aliphatic carbocycles. The summed E-state index contributed by atoms with van der Waals surface area (Å²) < 4.78 is 99.4. The van der Waals surface area contributed by atoms with Crippen molar-refractivity contribution in [2.75, 3.05) is 23.4 Å². The van der Waals surface area contributed by atoms with Crippen LogP contribution in [0.2, 0.25) is 0 Å². The number of nitrogens with one attached hydrogen (secondary N) is 3. The van der Waals surface area contributed by atoms with E-state index in [1.165, 1.54) is 34.6 Å². The number of hydrazine groups is 1. The number of sulfone groups is 1. The molecule has 3 N–H and O–H groups in total. The summed E-state index contributed by atoms with van der Waals surface area (Å²) in [6, 6.07) is 7.40. The van der Waals surface area contributed by atoms with Crippen LogP contribution in [0.4, 0.5) is 36.8 Å². The zero-order chi connectivity index (χ0) is 28.3. The minimum Gasteiger partial charge on any atom is -0.319 e. The van der Waals surface area contributed by atoms with Crippen LogP contribution in [0.5, 0.6) is 0 Å². The summed E-state index contributed by atoms with van der Waals surface area (Å²) in [7, 11) is -3.51. The minimum absolute atomic E-state index is 0.0202.